The molecule has 156 valence electrons. The monoisotopic (exact) mass is 497 g/mol. The van der Waals surface area contributed by atoms with Gasteiger partial charge < -0.3 is 10.4 Å². The van der Waals surface area contributed by atoms with Crippen molar-refractivity contribution in [2.24, 2.45) is 5.10 Å². The Morgan fingerprint density at radius 2 is 1.71 bits per heavy atom. The molecule has 0 aliphatic rings. The molecule has 0 saturated heterocycles. The van der Waals surface area contributed by atoms with Crippen molar-refractivity contribution in [2.75, 3.05) is 0 Å². The zero-order valence-corrected chi connectivity index (χ0v) is 18.4. The highest BCUT2D eigenvalue weighted by molar-refractivity contribution is 9.10. The van der Waals surface area contributed by atoms with Gasteiger partial charge in [0.15, 0.2) is 0 Å². The first-order valence-corrected chi connectivity index (χ1v) is 10.3. The predicted octanol–water partition coefficient (Wildman–Crippen LogP) is 4.73. The van der Waals surface area contributed by atoms with Crippen LogP contribution >= 0.6 is 27.5 Å². The van der Waals surface area contributed by atoms with E-state index in [-0.39, 0.29) is 22.0 Å². The number of carbonyl (C=O) groups excluding carboxylic acids is 2. The summed E-state index contributed by atoms with van der Waals surface area (Å²) in [6, 6.07) is 20.4. The smallest absolute Gasteiger partial charge is 0.287 e. The topological polar surface area (TPSA) is 90.8 Å². The second kappa shape index (κ2) is 10.6. The number of hydrazone groups is 1. The molecular formula is C23H17BrClN3O3. The van der Waals surface area contributed by atoms with Crippen LogP contribution < -0.4 is 10.7 Å². The molecule has 0 fully saturated rings. The maximum absolute atomic E-state index is 12.7. The van der Waals surface area contributed by atoms with Crippen LogP contribution in [0.3, 0.4) is 0 Å². The van der Waals surface area contributed by atoms with Crippen LogP contribution in [-0.4, -0.2) is 23.1 Å². The number of nitrogens with one attached hydrogen (secondary N) is 2. The predicted molar refractivity (Wildman–Crippen MR) is 125 cm³/mol. The first-order chi connectivity index (χ1) is 14.9. The number of aromatic hydroxyl groups is 1. The highest BCUT2D eigenvalue weighted by atomic mass is 79.9. The van der Waals surface area contributed by atoms with Gasteiger partial charge in [0, 0.05) is 10.0 Å². The highest BCUT2D eigenvalue weighted by Crippen LogP contribution is 2.20. The Kier molecular flexibility index (Phi) is 7.59. The van der Waals surface area contributed by atoms with Gasteiger partial charge in [0.25, 0.3) is 11.8 Å². The lowest BCUT2D eigenvalue weighted by atomic mass is 10.1. The van der Waals surface area contributed by atoms with Crippen molar-refractivity contribution in [1.29, 1.82) is 0 Å². The number of phenolic OH excluding ortho intramolecular Hbond substituents is 1. The summed E-state index contributed by atoms with van der Waals surface area (Å²) in [6.07, 6.45) is 2.82. The van der Waals surface area contributed by atoms with E-state index in [0.717, 1.165) is 4.47 Å². The fourth-order valence-electron chi connectivity index (χ4n) is 2.56. The average molecular weight is 499 g/mol. The third-order valence-electron chi connectivity index (χ3n) is 4.08. The molecule has 2 amide bonds. The van der Waals surface area contributed by atoms with Crippen molar-refractivity contribution in [3.63, 3.8) is 0 Å². The van der Waals surface area contributed by atoms with Crippen molar-refractivity contribution in [1.82, 2.24) is 10.7 Å². The minimum atomic E-state index is -0.644. The zero-order valence-electron chi connectivity index (χ0n) is 16.0. The van der Waals surface area contributed by atoms with Crippen molar-refractivity contribution >= 4 is 51.6 Å². The molecule has 0 spiro atoms. The summed E-state index contributed by atoms with van der Waals surface area (Å²) in [7, 11) is 0. The molecule has 8 heteroatoms. The van der Waals surface area contributed by atoms with Crippen LogP contribution in [0.5, 0.6) is 5.75 Å². The quantitative estimate of drug-likeness (QED) is 0.261. The van der Waals surface area contributed by atoms with Gasteiger partial charge >= 0.3 is 0 Å². The Balaban J connectivity index is 1.82. The van der Waals surface area contributed by atoms with Gasteiger partial charge in [0.05, 0.1) is 16.8 Å². The fourth-order valence-corrected chi connectivity index (χ4v) is 3.16. The molecular weight excluding hydrogens is 482 g/mol. The normalized spacial score (nSPS) is 11.4. The Bertz CT molecular complexity index is 1160. The minimum Gasteiger partial charge on any atom is -0.507 e. The molecule has 0 heterocycles. The van der Waals surface area contributed by atoms with Crippen LogP contribution in [0.4, 0.5) is 0 Å². The SMILES string of the molecule is O=C(NN=Cc1cc(Br)ccc1O)/C(=C\c1ccccc1)NC(=O)c1ccccc1Cl. The lowest BCUT2D eigenvalue weighted by molar-refractivity contribution is -0.117. The summed E-state index contributed by atoms with van der Waals surface area (Å²) in [5.74, 6) is -1.17. The first kappa shape index (κ1) is 22.3. The van der Waals surface area contributed by atoms with Crippen LogP contribution in [0.2, 0.25) is 5.02 Å². The first-order valence-electron chi connectivity index (χ1n) is 9.08. The van der Waals surface area contributed by atoms with E-state index < -0.39 is 11.8 Å². The number of hydrogen-bond donors (Lipinski definition) is 3. The fraction of sp³-hybridized carbons (Fsp3) is 0. The Morgan fingerprint density at radius 3 is 2.45 bits per heavy atom. The van der Waals surface area contributed by atoms with Crippen molar-refractivity contribution in [3.8, 4) is 5.75 Å². The van der Waals surface area contributed by atoms with Crippen LogP contribution in [0.25, 0.3) is 6.08 Å². The van der Waals surface area contributed by atoms with Gasteiger partial charge in [-0.2, -0.15) is 5.10 Å². The van der Waals surface area contributed by atoms with Crippen molar-refractivity contribution < 1.29 is 14.7 Å². The van der Waals surface area contributed by atoms with Crippen molar-refractivity contribution in [2.45, 2.75) is 0 Å². The molecule has 0 aromatic heterocycles. The number of amides is 2. The van der Waals surface area contributed by atoms with Crippen LogP contribution in [0.15, 0.2) is 88.1 Å². The maximum atomic E-state index is 12.7. The summed E-state index contributed by atoms with van der Waals surface area (Å²) in [5, 5.41) is 16.6. The van der Waals surface area contributed by atoms with Crippen LogP contribution in [0, 0.1) is 0 Å². The third-order valence-corrected chi connectivity index (χ3v) is 4.90. The number of phenols is 1. The molecule has 0 radical (unpaired) electrons. The third kappa shape index (κ3) is 6.28. The summed E-state index contributed by atoms with van der Waals surface area (Å²) in [4.78, 5) is 25.4. The van der Waals surface area contributed by atoms with Gasteiger partial charge in [-0.05, 0) is 42.0 Å². The molecule has 6 nitrogen and oxygen atoms in total. The molecule has 0 bridgehead atoms. The Hall–Kier alpha value is -3.42. The molecule has 0 aliphatic heterocycles. The number of benzene rings is 3. The summed E-state index contributed by atoms with van der Waals surface area (Å²) in [5.41, 5.74) is 3.69. The molecule has 3 rings (SSSR count). The molecule has 0 saturated carbocycles. The van der Waals surface area contributed by atoms with E-state index in [1.54, 1.807) is 48.5 Å². The van der Waals surface area contributed by atoms with Crippen LogP contribution in [0.1, 0.15) is 21.5 Å². The molecule has 31 heavy (non-hydrogen) atoms. The van der Waals surface area contributed by atoms with E-state index in [4.69, 9.17) is 11.6 Å². The summed E-state index contributed by atoms with van der Waals surface area (Å²) < 4.78 is 0.745. The second-order valence-corrected chi connectivity index (χ2v) is 7.63. The number of hydrogen-bond acceptors (Lipinski definition) is 4. The molecule has 3 N–H and O–H groups in total. The van der Waals surface area contributed by atoms with Gasteiger partial charge in [-0.3, -0.25) is 9.59 Å². The molecule has 3 aromatic rings. The van der Waals surface area contributed by atoms with E-state index in [9.17, 15) is 14.7 Å². The van der Waals surface area contributed by atoms with E-state index in [1.165, 1.54) is 18.4 Å². The molecule has 3 aromatic carbocycles. The maximum Gasteiger partial charge on any atom is 0.287 e. The molecule has 0 atom stereocenters. The minimum absolute atomic E-state index is 0.00766. The number of rotatable bonds is 6. The van der Waals surface area contributed by atoms with E-state index in [0.29, 0.717) is 11.1 Å². The Labute approximate surface area is 192 Å². The summed E-state index contributed by atoms with van der Waals surface area (Å²) >= 11 is 9.39. The number of halogens is 2. The zero-order chi connectivity index (χ0) is 22.2. The standard InChI is InChI=1S/C23H17BrClN3O3/c24-17-10-11-21(29)16(13-17)14-26-28-23(31)20(12-15-6-2-1-3-7-15)27-22(30)18-8-4-5-9-19(18)25/h1-14,29H,(H,27,30)(H,28,31)/b20-12+,26-14?. The average Bonchev–Trinajstić information content (AvgIpc) is 2.76. The van der Waals surface area contributed by atoms with Gasteiger partial charge in [-0.25, -0.2) is 5.43 Å². The summed E-state index contributed by atoms with van der Waals surface area (Å²) in [6.45, 7) is 0. The van der Waals surface area contributed by atoms with Gasteiger partial charge in [-0.15, -0.1) is 0 Å². The lowest BCUT2D eigenvalue weighted by Gasteiger charge is -2.10. The number of carbonyl (C=O) groups is 2. The highest BCUT2D eigenvalue weighted by Gasteiger charge is 2.16. The largest absolute Gasteiger partial charge is 0.507 e. The van der Waals surface area contributed by atoms with Gasteiger partial charge in [0.1, 0.15) is 11.4 Å². The molecule has 0 unspecified atom stereocenters. The second-order valence-electron chi connectivity index (χ2n) is 6.30. The Morgan fingerprint density at radius 1 is 1.00 bits per heavy atom. The lowest BCUT2D eigenvalue weighted by Crippen LogP contribution is -2.33. The van der Waals surface area contributed by atoms with E-state index in [1.807, 2.05) is 18.2 Å². The van der Waals surface area contributed by atoms with Crippen LogP contribution in [-0.2, 0) is 4.79 Å². The number of nitrogens with zero attached hydrogens (tertiary/aromatic N) is 1. The van der Waals surface area contributed by atoms with E-state index >= 15 is 0 Å². The van der Waals surface area contributed by atoms with Crippen molar-refractivity contribution in [3.05, 3.63) is 105 Å². The van der Waals surface area contributed by atoms with Gasteiger partial charge in [-0.1, -0.05) is 70.0 Å². The van der Waals surface area contributed by atoms with Gasteiger partial charge in [0.2, 0.25) is 0 Å². The van der Waals surface area contributed by atoms with E-state index in [2.05, 4.69) is 31.8 Å². The molecule has 0 aliphatic carbocycles.